The molecule has 1 aliphatic carbocycles. The summed E-state index contributed by atoms with van der Waals surface area (Å²) < 4.78 is 0. The van der Waals surface area contributed by atoms with Crippen molar-refractivity contribution in [2.75, 3.05) is 27.2 Å². The number of nitrogens with one attached hydrogen (secondary N) is 1. The summed E-state index contributed by atoms with van der Waals surface area (Å²) in [4.78, 5) is 2.63. The third kappa shape index (κ3) is 2.33. The van der Waals surface area contributed by atoms with Crippen LogP contribution >= 0.6 is 0 Å². The molecule has 2 unspecified atom stereocenters. The van der Waals surface area contributed by atoms with E-state index in [1.165, 1.54) is 12.8 Å². The molecular weight excluding hydrogens is 188 g/mol. The maximum atomic E-state index is 5.95. The minimum Gasteiger partial charge on any atom is -0.329 e. The normalized spacial score (nSPS) is 37.8. The lowest BCUT2D eigenvalue weighted by molar-refractivity contribution is 0.160. The average Bonchev–Trinajstić information content (AvgIpc) is 2.92. The number of nitrogens with two attached hydrogens (primary N) is 1. The molecular formula is C11H24N4. The minimum absolute atomic E-state index is 0.103. The van der Waals surface area contributed by atoms with Crippen molar-refractivity contribution in [3.8, 4) is 0 Å². The Bertz CT molecular complexity index is 227. The Labute approximate surface area is 92.8 Å². The molecule has 1 aliphatic heterocycles. The molecule has 15 heavy (non-hydrogen) atoms. The molecule has 4 heteroatoms. The molecule has 1 heterocycles. The van der Waals surface area contributed by atoms with E-state index in [0.717, 1.165) is 25.6 Å². The zero-order chi connectivity index (χ0) is 11.1. The van der Waals surface area contributed by atoms with Crippen LogP contribution in [0.15, 0.2) is 0 Å². The smallest absolute Gasteiger partial charge is 0.0589 e. The highest BCUT2D eigenvalue weighted by Crippen LogP contribution is 2.36. The number of nitrogens with zero attached hydrogens (tertiary/aromatic N) is 2. The van der Waals surface area contributed by atoms with Gasteiger partial charge in [0.15, 0.2) is 0 Å². The van der Waals surface area contributed by atoms with Gasteiger partial charge in [-0.25, -0.2) is 10.4 Å². The lowest BCUT2D eigenvalue weighted by atomic mass is 9.97. The molecule has 0 radical (unpaired) electrons. The van der Waals surface area contributed by atoms with E-state index in [9.17, 15) is 0 Å². The first-order valence-electron chi connectivity index (χ1n) is 5.97. The van der Waals surface area contributed by atoms with Crippen molar-refractivity contribution in [2.24, 2.45) is 5.73 Å². The summed E-state index contributed by atoms with van der Waals surface area (Å²) in [6.07, 6.45) is 3.93. The van der Waals surface area contributed by atoms with Gasteiger partial charge in [-0.15, -0.1) is 0 Å². The second kappa shape index (κ2) is 4.01. The highest BCUT2D eigenvalue weighted by Gasteiger charge is 2.46. The van der Waals surface area contributed by atoms with Gasteiger partial charge in [0.05, 0.1) is 5.54 Å². The van der Waals surface area contributed by atoms with Crippen LogP contribution in [0.2, 0.25) is 0 Å². The number of hydrazine groups is 1. The van der Waals surface area contributed by atoms with Gasteiger partial charge < -0.3 is 5.73 Å². The zero-order valence-electron chi connectivity index (χ0n) is 10.2. The fourth-order valence-corrected chi connectivity index (χ4v) is 2.90. The first-order chi connectivity index (χ1) is 7.06. The van der Waals surface area contributed by atoms with Crippen molar-refractivity contribution in [3.05, 3.63) is 0 Å². The van der Waals surface area contributed by atoms with Crippen LogP contribution in [0.5, 0.6) is 0 Å². The Morgan fingerprint density at radius 3 is 2.60 bits per heavy atom. The van der Waals surface area contributed by atoms with Gasteiger partial charge in [0, 0.05) is 39.3 Å². The van der Waals surface area contributed by atoms with Crippen LogP contribution in [-0.2, 0) is 0 Å². The van der Waals surface area contributed by atoms with Crippen molar-refractivity contribution >= 4 is 0 Å². The molecule has 0 bridgehead atoms. The van der Waals surface area contributed by atoms with E-state index in [1.807, 2.05) is 19.1 Å². The van der Waals surface area contributed by atoms with Gasteiger partial charge in [-0.3, -0.25) is 4.90 Å². The molecule has 1 saturated carbocycles. The first-order valence-corrected chi connectivity index (χ1v) is 5.97. The summed E-state index contributed by atoms with van der Waals surface area (Å²) in [5.41, 5.74) is 9.56. The van der Waals surface area contributed by atoms with Gasteiger partial charge in [-0.2, -0.15) is 0 Å². The summed E-state index contributed by atoms with van der Waals surface area (Å²) in [6.45, 7) is 4.15. The van der Waals surface area contributed by atoms with E-state index < -0.39 is 0 Å². The molecule has 2 atom stereocenters. The van der Waals surface area contributed by atoms with E-state index in [2.05, 4.69) is 17.2 Å². The molecule has 2 fully saturated rings. The van der Waals surface area contributed by atoms with Gasteiger partial charge in [-0.05, 0) is 26.2 Å². The van der Waals surface area contributed by atoms with E-state index in [-0.39, 0.29) is 5.54 Å². The maximum Gasteiger partial charge on any atom is 0.0589 e. The quantitative estimate of drug-likeness (QED) is 0.644. The van der Waals surface area contributed by atoms with Crippen molar-refractivity contribution < 1.29 is 0 Å². The van der Waals surface area contributed by atoms with E-state index in [4.69, 9.17) is 5.73 Å². The van der Waals surface area contributed by atoms with Crippen molar-refractivity contribution in [2.45, 2.75) is 43.8 Å². The van der Waals surface area contributed by atoms with Crippen molar-refractivity contribution in [1.82, 2.24) is 15.3 Å². The predicted octanol–water partition coefficient (Wildman–Crippen LogP) is 0.00670. The van der Waals surface area contributed by atoms with Crippen LogP contribution in [0.3, 0.4) is 0 Å². The highest BCUT2D eigenvalue weighted by atomic mass is 15.5. The Balaban J connectivity index is 2.01. The van der Waals surface area contributed by atoms with Crippen molar-refractivity contribution in [3.63, 3.8) is 0 Å². The fourth-order valence-electron chi connectivity index (χ4n) is 2.90. The summed E-state index contributed by atoms with van der Waals surface area (Å²) in [5.74, 6) is 0. The minimum atomic E-state index is 0.103. The Morgan fingerprint density at radius 2 is 2.13 bits per heavy atom. The van der Waals surface area contributed by atoms with Crippen LogP contribution in [0.4, 0.5) is 0 Å². The van der Waals surface area contributed by atoms with Gasteiger partial charge in [0.1, 0.15) is 0 Å². The summed E-state index contributed by atoms with van der Waals surface area (Å²) in [7, 11) is 4.09. The summed E-state index contributed by atoms with van der Waals surface area (Å²) in [6, 6.07) is 1.52. The van der Waals surface area contributed by atoms with Crippen LogP contribution < -0.4 is 11.2 Å². The van der Waals surface area contributed by atoms with Crippen molar-refractivity contribution in [1.29, 1.82) is 0 Å². The monoisotopic (exact) mass is 212 g/mol. The fraction of sp³-hybridized carbons (Fsp3) is 1.00. The number of hydrogen-bond donors (Lipinski definition) is 2. The molecule has 88 valence electrons. The molecule has 0 aromatic heterocycles. The molecule has 0 spiro atoms. The Kier molecular flexibility index (Phi) is 3.03. The van der Waals surface area contributed by atoms with Gasteiger partial charge >= 0.3 is 0 Å². The summed E-state index contributed by atoms with van der Waals surface area (Å²) >= 11 is 0. The second-order valence-electron chi connectivity index (χ2n) is 5.45. The van der Waals surface area contributed by atoms with Crippen LogP contribution in [-0.4, -0.2) is 54.7 Å². The second-order valence-corrected chi connectivity index (χ2v) is 5.45. The Hall–Kier alpha value is -0.160. The lowest BCUT2D eigenvalue weighted by Crippen LogP contribution is -2.57. The molecule has 1 saturated heterocycles. The molecule has 0 amide bonds. The third-order valence-corrected chi connectivity index (χ3v) is 3.60. The average molecular weight is 212 g/mol. The highest BCUT2D eigenvalue weighted by molar-refractivity contribution is 5.05. The zero-order valence-corrected chi connectivity index (χ0v) is 10.2. The lowest BCUT2D eigenvalue weighted by Gasteiger charge is -2.32. The van der Waals surface area contributed by atoms with E-state index >= 15 is 0 Å². The molecule has 3 N–H and O–H groups in total. The number of rotatable bonds is 4. The summed E-state index contributed by atoms with van der Waals surface area (Å²) in [5, 5.41) is 2.04. The van der Waals surface area contributed by atoms with E-state index in [0.29, 0.717) is 6.04 Å². The van der Waals surface area contributed by atoms with E-state index in [1.54, 1.807) is 0 Å². The SMILES string of the molecule is CC1CC(CN)(NN(C)C)CN1C1CC1. The molecule has 2 aliphatic rings. The van der Waals surface area contributed by atoms with Gasteiger partial charge in [0.2, 0.25) is 0 Å². The van der Waals surface area contributed by atoms with Gasteiger partial charge in [0.25, 0.3) is 0 Å². The third-order valence-electron chi connectivity index (χ3n) is 3.60. The van der Waals surface area contributed by atoms with Crippen LogP contribution in [0.25, 0.3) is 0 Å². The molecule has 4 nitrogen and oxygen atoms in total. The topological polar surface area (TPSA) is 44.5 Å². The molecule has 2 rings (SSSR count). The number of likely N-dealkylation sites (tertiary alicyclic amines) is 1. The first kappa shape index (κ1) is 11.3. The number of hydrogen-bond acceptors (Lipinski definition) is 4. The standard InChI is InChI=1S/C11H24N4/c1-9-6-11(7-12,13-14(2)3)8-15(9)10-4-5-10/h9-10,13H,4-8,12H2,1-3H3. The van der Waals surface area contributed by atoms with Gasteiger partial charge in [-0.1, -0.05) is 0 Å². The van der Waals surface area contributed by atoms with Crippen LogP contribution in [0, 0.1) is 0 Å². The Morgan fingerprint density at radius 1 is 1.47 bits per heavy atom. The molecule has 0 aromatic rings. The maximum absolute atomic E-state index is 5.95. The molecule has 0 aromatic carbocycles. The predicted molar refractivity (Wildman–Crippen MR) is 62.4 cm³/mol. The van der Waals surface area contributed by atoms with Crippen LogP contribution in [0.1, 0.15) is 26.2 Å². The largest absolute Gasteiger partial charge is 0.329 e.